The number of halogens is 2. The molecule has 0 saturated carbocycles. The molecule has 0 spiro atoms. The van der Waals surface area contributed by atoms with E-state index in [0.29, 0.717) is 22.3 Å². The molecule has 0 aliphatic rings. The number of nitrogens with one attached hydrogen (secondary N) is 2. The molecule has 0 aliphatic carbocycles. The van der Waals surface area contributed by atoms with Crippen LogP contribution >= 0.6 is 23.2 Å². The van der Waals surface area contributed by atoms with Gasteiger partial charge in [-0.25, -0.2) is 5.14 Å². The van der Waals surface area contributed by atoms with Gasteiger partial charge in [0, 0.05) is 22.3 Å². The first-order chi connectivity index (χ1) is 9.82. The molecule has 112 valence electrons. The Balaban J connectivity index is 2.08. The second kappa shape index (κ2) is 6.53. The Labute approximate surface area is 133 Å². The standard InChI is InChI=1S/C13H13Cl2N3O2S/c14-10-4-9(5-11(15)6-10)8-17-12-2-1-3-13(7-12)18-21(16,19)20/h1-7,17-18H,8H2,(H2,16,19,20). The van der Waals surface area contributed by atoms with Gasteiger partial charge in [-0.1, -0.05) is 29.3 Å². The van der Waals surface area contributed by atoms with E-state index in [1.54, 1.807) is 42.5 Å². The molecule has 0 atom stereocenters. The molecule has 0 unspecified atom stereocenters. The molecule has 8 heteroatoms. The summed E-state index contributed by atoms with van der Waals surface area (Å²) in [7, 11) is -3.78. The topological polar surface area (TPSA) is 84.2 Å². The second-order valence-corrected chi connectivity index (χ2v) is 6.53. The van der Waals surface area contributed by atoms with Crippen LogP contribution in [0, 0.1) is 0 Å². The fraction of sp³-hybridized carbons (Fsp3) is 0.0769. The van der Waals surface area contributed by atoms with Crippen molar-refractivity contribution in [1.82, 2.24) is 0 Å². The number of nitrogens with two attached hydrogens (primary N) is 1. The Morgan fingerprint density at radius 2 is 1.62 bits per heavy atom. The molecule has 0 bridgehead atoms. The van der Waals surface area contributed by atoms with Gasteiger partial charge in [0.2, 0.25) is 0 Å². The predicted octanol–water partition coefficient (Wildman–Crippen LogP) is 3.22. The van der Waals surface area contributed by atoms with Gasteiger partial charge in [-0.15, -0.1) is 0 Å². The Bertz CT molecular complexity index is 731. The zero-order valence-electron chi connectivity index (χ0n) is 10.8. The maximum Gasteiger partial charge on any atom is 0.296 e. The highest BCUT2D eigenvalue weighted by Gasteiger charge is 2.03. The SMILES string of the molecule is NS(=O)(=O)Nc1cccc(NCc2cc(Cl)cc(Cl)c2)c1. The van der Waals surface area contributed by atoms with Crippen LogP contribution in [0.4, 0.5) is 11.4 Å². The molecular weight excluding hydrogens is 333 g/mol. The van der Waals surface area contributed by atoms with Crippen LogP contribution in [-0.4, -0.2) is 8.42 Å². The summed E-state index contributed by atoms with van der Waals surface area (Å²) in [4.78, 5) is 0. The monoisotopic (exact) mass is 345 g/mol. The Kier molecular flexibility index (Phi) is 4.95. The lowest BCUT2D eigenvalue weighted by Crippen LogP contribution is -2.21. The molecule has 5 nitrogen and oxygen atoms in total. The van der Waals surface area contributed by atoms with Crippen molar-refractivity contribution in [2.75, 3.05) is 10.0 Å². The van der Waals surface area contributed by atoms with Crippen molar-refractivity contribution in [3.05, 3.63) is 58.1 Å². The molecule has 0 aromatic heterocycles. The highest BCUT2D eigenvalue weighted by molar-refractivity contribution is 7.90. The van der Waals surface area contributed by atoms with Gasteiger partial charge in [-0.2, -0.15) is 8.42 Å². The van der Waals surface area contributed by atoms with Gasteiger partial charge in [0.25, 0.3) is 10.2 Å². The smallest absolute Gasteiger partial charge is 0.296 e. The lowest BCUT2D eigenvalue weighted by atomic mass is 10.2. The molecule has 2 rings (SSSR count). The fourth-order valence-electron chi connectivity index (χ4n) is 1.77. The van der Waals surface area contributed by atoms with Gasteiger partial charge in [0.15, 0.2) is 0 Å². The van der Waals surface area contributed by atoms with Crippen molar-refractivity contribution < 1.29 is 8.42 Å². The van der Waals surface area contributed by atoms with Crippen molar-refractivity contribution in [1.29, 1.82) is 0 Å². The molecule has 0 aliphatic heterocycles. The lowest BCUT2D eigenvalue weighted by molar-refractivity contribution is 0.603. The van der Waals surface area contributed by atoms with E-state index in [1.165, 1.54) is 0 Å². The third kappa shape index (κ3) is 5.43. The summed E-state index contributed by atoms with van der Waals surface area (Å²) in [5.41, 5.74) is 2.03. The van der Waals surface area contributed by atoms with Gasteiger partial charge in [-0.05, 0) is 42.0 Å². The van der Waals surface area contributed by atoms with Gasteiger partial charge < -0.3 is 5.32 Å². The zero-order chi connectivity index (χ0) is 15.5. The minimum Gasteiger partial charge on any atom is -0.381 e. The summed E-state index contributed by atoms with van der Waals surface area (Å²) in [6.45, 7) is 0.499. The Morgan fingerprint density at radius 3 is 2.24 bits per heavy atom. The number of anilines is 2. The van der Waals surface area contributed by atoms with Crippen molar-refractivity contribution in [3.63, 3.8) is 0 Å². The molecular formula is C13H13Cl2N3O2S. The summed E-state index contributed by atoms with van der Waals surface area (Å²) >= 11 is 11.9. The highest BCUT2D eigenvalue weighted by atomic mass is 35.5. The molecule has 0 radical (unpaired) electrons. The maximum atomic E-state index is 11.0. The van der Waals surface area contributed by atoms with Gasteiger partial charge in [-0.3, -0.25) is 4.72 Å². The van der Waals surface area contributed by atoms with Crippen LogP contribution in [0.25, 0.3) is 0 Å². The Morgan fingerprint density at radius 1 is 1.00 bits per heavy atom. The van der Waals surface area contributed by atoms with E-state index in [-0.39, 0.29) is 0 Å². The highest BCUT2D eigenvalue weighted by Crippen LogP contribution is 2.21. The molecule has 21 heavy (non-hydrogen) atoms. The largest absolute Gasteiger partial charge is 0.381 e. The summed E-state index contributed by atoms with van der Waals surface area (Å²) < 4.78 is 24.2. The summed E-state index contributed by atoms with van der Waals surface area (Å²) in [5.74, 6) is 0. The average molecular weight is 346 g/mol. The summed E-state index contributed by atoms with van der Waals surface area (Å²) in [6.07, 6.45) is 0. The molecule has 0 amide bonds. The second-order valence-electron chi connectivity index (χ2n) is 4.36. The third-order valence-corrected chi connectivity index (χ3v) is 3.50. The van der Waals surface area contributed by atoms with Crippen molar-refractivity contribution in [2.45, 2.75) is 6.54 Å². The fourth-order valence-corrected chi connectivity index (χ4v) is 2.80. The minimum atomic E-state index is -3.78. The van der Waals surface area contributed by atoms with Crippen LogP contribution in [0.2, 0.25) is 10.0 Å². The molecule has 0 fully saturated rings. The van der Waals surface area contributed by atoms with Gasteiger partial charge in [0.05, 0.1) is 5.69 Å². The first-order valence-electron chi connectivity index (χ1n) is 5.91. The molecule has 2 aromatic carbocycles. The number of hydrogen-bond donors (Lipinski definition) is 3. The quantitative estimate of drug-likeness (QED) is 0.777. The molecule has 2 aromatic rings. The van der Waals surface area contributed by atoms with Crippen LogP contribution in [-0.2, 0) is 16.8 Å². The maximum absolute atomic E-state index is 11.0. The van der Waals surface area contributed by atoms with E-state index < -0.39 is 10.2 Å². The zero-order valence-corrected chi connectivity index (χ0v) is 13.1. The number of rotatable bonds is 5. The normalized spacial score (nSPS) is 11.2. The summed E-state index contributed by atoms with van der Waals surface area (Å²) in [5, 5.41) is 9.19. The van der Waals surface area contributed by atoms with Crippen molar-refractivity contribution in [3.8, 4) is 0 Å². The first kappa shape index (κ1) is 15.9. The van der Waals surface area contributed by atoms with Gasteiger partial charge >= 0.3 is 0 Å². The first-order valence-corrected chi connectivity index (χ1v) is 8.21. The number of hydrogen-bond acceptors (Lipinski definition) is 3. The predicted molar refractivity (Wildman–Crippen MR) is 87.0 cm³/mol. The molecule has 0 saturated heterocycles. The number of benzene rings is 2. The van der Waals surface area contributed by atoms with Crippen LogP contribution < -0.4 is 15.2 Å². The Hall–Kier alpha value is -1.47. The van der Waals surface area contributed by atoms with Crippen LogP contribution in [0.15, 0.2) is 42.5 Å². The van der Waals surface area contributed by atoms with Gasteiger partial charge in [0.1, 0.15) is 0 Å². The third-order valence-electron chi connectivity index (χ3n) is 2.54. The average Bonchev–Trinajstić information content (AvgIpc) is 2.33. The molecule has 0 heterocycles. The van der Waals surface area contributed by atoms with E-state index in [4.69, 9.17) is 28.3 Å². The van der Waals surface area contributed by atoms with Crippen molar-refractivity contribution in [2.24, 2.45) is 5.14 Å². The van der Waals surface area contributed by atoms with Crippen molar-refractivity contribution >= 4 is 44.8 Å². The minimum absolute atomic E-state index is 0.381. The van der Waals surface area contributed by atoms with Crippen LogP contribution in [0.1, 0.15) is 5.56 Å². The lowest BCUT2D eigenvalue weighted by Gasteiger charge is -2.10. The van der Waals surface area contributed by atoms with E-state index in [0.717, 1.165) is 11.3 Å². The van der Waals surface area contributed by atoms with E-state index >= 15 is 0 Å². The van der Waals surface area contributed by atoms with E-state index in [2.05, 4.69) is 10.0 Å². The van der Waals surface area contributed by atoms with E-state index in [1.807, 2.05) is 0 Å². The van der Waals surface area contributed by atoms with E-state index in [9.17, 15) is 8.42 Å². The van der Waals surface area contributed by atoms with Crippen LogP contribution in [0.5, 0.6) is 0 Å². The molecule has 4 N–H and O–H groups in total. The van der Waals surface area contributed by atoms with Crippen LogP contribution in [0.3, 0.4) is 0 Å². The summed E-state index contributed by atoms with van der Waals surface area (Å²) in [6, 6.07) is 12.0.